The quantitative estimate of drug-likeness (QED) is 0.784. The van der Waals surface area contributed by atoms with Crippen LogP contribution in [0.2, 0.25) is 5.02 Å². The molecule has 0 saturated carbocycles. The van der Waals surface area contributed by atoms with Crippen LogP contribution in [0.4, 0.5) is 5.82 Å². The Morgan fingerprint density at radius 2 is 2.56 bits per heavy atom. The van der Waals surface area contributed by atoms with Gasteiger partial charge < -0.3 is 15.6 Å². The molecule has 2 atom stereocenters. The van der Waals surface area contributed by atoms with Crippen LogP contribution in [0.25, 0.3) is 0 Å². The average Bonchev–Trinajstić information content (AvgIpc) is 2.71. The molecule has 0 unspecified atom stereocenters. The SMILES string of the molecule is Nc1nc(=O)n([C@@H]2CS[C@H](CO)O2)cc1Cl. The highest BCUT2D eigenvalue weighted by Gasteiger charge is 2.27. The number of hydrogen-bond donors (Lipinski definition) is 2. The van der Waals surface area contributed by atoms with Gasteiger partial charge in [0.25, 0.3) is 0 Å². The van der Waals surface area contributed by atoms with Gasteiger partial charge in [0.05, 0.1) is 11.6 Å². The molecule has 2 rings (SSSR count). The predicted molar refractivity (Wildman–Crippen MR) is 61.4 cm³/mol. The number of nitrogens with two attached hydrogens (primary N) is 1. The lowest BCUT2D eigenvalue weighted by atomic mass is 10.5. The molecule has 1 aliphatic rings. The molecular formula is C8H10ClN3O3S. The van der Waals surface area contributed by atoms with Crippen molar-refractivity contribution < 1.29 is 9.84 Å². The Balaban J connectivity index is 2.28. The second kappa shape index (κ2) is 4.62. The molecule has 1 aliphatic heterocycles. The first-order valence-corrected chi connectivity index (χ1v) is 5.96. The third-order valence-corrected chi connectivity index (χ3v) is 3.53. The molecule has 0 amide bonds. The highest BCUT2D eigenvalue weighted by Crippen LogP contribution is 2.31. The van der Waals surface area contributed by atoms with Crippen molar-refractivity contribution in [2.24, 2.45) is 0 Å². The average molecular weight is 264 g/mol. The number of hydrogen-bond acceptors (Lipinski definition) is 6. The monoisotopic (exact) mass is 263 g/mol. The van der Waals surface area contributed by atoms with E-state index in [0.29, 0.717) is 5.75 Å². The van der Waals surface area contributed by atoms with Gasteiger partial charge in [-0.1, -0.05) is 11.6 Å². The number of aliphatic hydroxyl groups is 1. The molecule has 8 heteroatoms. The van der Waals surface area contributed by atoms with Crippen molar-refractivity contribution in [3.05, 3.63) is 21.7 Å². The summed E-state index contributed by atoms with van der Waals surface area (Å²) >= 11 is 7.21. The molecule has 1 aromatic rings. The van der Waals surface area contributed by atoms with Gasteiger partial charge in [0.2, 0.25) is 0 Å². The molecular weight excluding hydrogens is 254 g/mol. The molecule has 16 heavy (non-hydrogen) atoms. The normalized spacial score (nSPS) is 24.9. The largest absolute Gasteiger partial charge is 0.393 e. The lowest BCUT2D eigenvalue weighted by Crippen LogP contribution is -2.29. The molecule has 1 fully saturated rings. The van der Waals surface area contributed by atoms with Gasteiger partial charge in [-0.25, -0.2) is 4.79 Å². The maximum Gasteiger partial charge on any atom is 0.351 e. The van der Waals surface area contributed by atoms with Gasteiger partial charge >= 0.3 is 5.69 Å². The standard InChI is InChI=1S/C8H10ClN3O3S/c9-4-1-12(8(14)11-7(4)10)5-3-16-6(2-13)15-5/h1,5-6,13H,2-3H2,(H2,10,11,14)/t5-,6+/m0/s1. The number of anilines is 1. The second-order valence-corrected chi connectivity index (χ2v) is 4.80. The topological polar surface area (TPSA) is 90.4 Å². The summed E-state index contributed by atoms with van der Waals surface area (Å²) in [7, 11) is 0. The number of aromatic nitrogens is 2. The van der Waals surface area contributed by atoms with Crippen LogP contribution in [0, 0.1) is 0 Å². The molecule has 0 radical (unpaired) electrons. The van der Waals surface area contributed by atoms with E-state index in [0.717, 1.165) is 0 Å². The summed E-state index contributed by atoms with van der Waals surface area (Å²) in [6.07, 6.45) is 0.942. The Bertz CT molecular complexity index is 453. The van der Waals surface area contributed by atoms with Crippen molar-refractivity contribution >= 4 is 29.2 Å². The van der Waals surface area contributed by atoms with Gasteiger partial charge in [0, 0.05) is 11.9 Å². The number of halogens is 1. The van der Waals surface area contributed by atoms with Gasteiger partial charge in [0.1, 0.15) is 17.5 Å². The lowest BCUT2D eigenvalue weighted by Gasteiger charge is -2.13. The van der Waals surface area contributed by atoms with Crippen LogP contribution < -0.4 is 11.4 Å². The van der Waals surface area contributed by atoms with E-state index in [4.69, 9.17) is 27.2 Å². The summed E-state index contributed by atoms with van der Waals surface area (Å²) in [4.78, 5) is 15.1. The van der Waals surface area contributed by atoms with Crippen LogP contribution in [-0.4, -0.2) is 32.5 Å². The van der Waals surface area contributed by atoms with E-state index in [1.165, 1.54) is 22.5 Å². The van der Waals surface area contributed by atoms with Crippen molar-refractivity contribution in [3.63, 3.8) is 0 Å². The number of nitrogens with zero attached hydrogens (tertiary/aromatic N) is 2. The Morgan fingerprint density at radius 1 is 1.81 bits per heavy atom. The van der Waals surface area contributed by atoms with Gasteiger partial charge in [-0.3, -0.25) is 4.57 Å². The van der Waals surface area contributed by atoms with E-state index in [1.807, 2.05) is 0 Å². The molecule has 0 aromatic carbocycles. The molecule has 0 aliphatic carbocycles. The summed E-state index contributed by atoms with van der Waals surface area (Å²) in [6, 6.07) is 0. The fraction of sp³-hybridized carbons (Fsp3) is 0.500. The van der Waals surface area contributed by atoms with Gasteiger partial charge in [-0.15, -0.1) is 11.8 Å². The minimum absolute atomic E-state index is 0.00674. The van der Waals surface area contributed by atoms with Crippen LogP contribution in [0.3, 0.4) is 0 Å². The van der Waals surface area contributed by atoms with E-state index in [-0.39, 0.29) is 22.9 Å². The Labute approximate surface area is 100 Å². The smallest absolute Gasteiger partial charge is 0.351 e. The molecule has 0 bridgehead atoms. The molecule has 2 heterocycles. The van der Waals surface area contributed by atoms with E-state index in [2.05, 4.69) is 4.98 Å². The maximum absolute atomic E-state index is 11.5. The van der Waals surface area contributed by atoms with E-state index < -0.39 is 11.9 Å². The zero-order valence-electron chi connectivity index (χ0n) is 8.17. The van der Waals surface area contributed by atoms with E-state index >= 15 is 0 Å². The number of thioether (sulfide) groups is 1. The van der Waals surface area contributed by atoms with Crippen LogP contribution >= 0.6 is 23.4 Å². The lowest BCUT2D eigenvalue weighted by molar-refractivity contribution is -0.00627. The molecule has 1 saturated heterocycles. The predicted octanol–water partition coefficient (Wildman–Crippen LogP) is 0.0593. The van der Waals surface area contributed by atoms with Gasteiger partial charge in [0.15, 0.2) is 0 Å². The first kappa shape index (κ1) is 11.7. The minimum atomic E-state index is -0.508. The fourth-order valence-electron chi connectivity index (χ4n) is 1.35. The van der Waals surface area contributed by atoms with Gasteiger partial charge in [-0.2, -0.15) is 4.98 Å². The first-order valence-electron chi connectivity index (χ1n) is 4.54. The van der Waals surface area contributed by atoms with Gasteiger partial charge in [-0.05, 0) is 0 Å². The van der Waals surface area contributed by atoms with Crippen LogP contribution in [0.5, 0.6) is 0 Å². The van der Waals surface area contributed by atoms with E-state index in [1.54, 1.807) is 0 Å². The first-order chi connectivity index (χ1) is 7.61. The molecule has 88 valence electrons. The van der Waals surface area contributed by atoms with Crippen LogP contribution in [0.15, 0.2) is 11.0 Å². The second-order valence-electron chi connectivity index (χ2n) is 3.20. The van der Waals surface area contributed by atoms with E-state index in [9.17, 15) is 4.79 Å². The number of aliphatic hydroxyl groups excluding tert-OH is 1. The number of rotatable bonds is 2. The van der Waals surface area contributed by atoms with Crippen molar-refractivity contribution in [3.8, 4) is 0 Å². The Hall–Kier alpha value is -0.760. The Morgan fingerprint density at radius 3 is 3.19 bits per heavy atom. The highest BCUT2D eigenvalue weighted by molar-refractivity contribution is 8.00. The van der Waals surface area contributed by atoms with Crippen LogP contribution in [0.1, 0.15) is 6.23 Å². The zero-order valence-corrected chi connectivity index (χ0v) is 9.74. The number of nitrogen functional groups attached to an aromatic ring is 1. The van der Waals surface area contributed by atoms with Crippen molar-refractivity contribution in [1.82, 2.24) is 9.55 Å². The number of ether oxygens (including phenoxy) is 1. The summed E-state index contributed by atoms with van der Waals surface area (Å²) in [5.41, 5.74) is 4.58. The molecule has 6 nitrogen and oxygen atoms in total. The molecule has 0 spiro atoms. The third-order valence-electron chi connectivity index (χ3n) is 2.13. The third kappa shape index (κ3) is 2.17. The van der Waals surface area contributed by atoms with Crippen LogP contribution in [-0.2, 0) is 4.74 Å². The fourth-order valence-corrected chi connectivity index (χ4v) is 2.43. The van der Waals surface area contributed by atoms with Crippen molar-refractivity contribution in [2.45, 2.75) is 11.7 Å². The summed E-state index contributed by atoms with van der Waals surface area (Å²) in [6.45, 7) is -0.0912. The maximum atomic E-state index is 11.5. The minimum Gasteiger partial charge on any atom is -0.393 e. The summed E-state index contributed by atoms with van der Waals surface area (Å²) < 4.78 is 6.69. The van der Waals surface area contributed by atoms with Crippen molar-refractivity contribution in [1.29, 1.82) is 0 Å². The zero-order chi connectivity index (χ0) is 11.7. The van der Waals surface area contributed by atoms with Crippen molar-refractivity contribution in [2.75, 3.05) is 18.1 Å². The summed E-state index contributed by atoms with van der Waals surface area (Å²) in [5, 5.41) is 9.11. The molecule has 3 N–H and O–H groups in total. The Kier molecular flexibility index (Phi) is 3.38. The molecule has 1 aromatic heterocycles. The highest BCUT2D eigenvalue weighted by atomic mass is 35.5. The summed E-state index contributed by atoms with van der Waals surface area (Å²) in [5.74, 6) is 0.569.